The Hall–Kier alpha value is -1.79. The molecular formula is C19H24N2O4. The van der Waals surface area contributed by atoms with Gasteiger partial charge in [-0.1, -0.05) is 36.8 Å². The largest absolute Gasteiger partial charge is 0.379 e. The summed E-state index contributed by atoms with van der Waals surface area (Å²) in [6.45, 7) is 4.09. The highest BCUT2D eigenvalue weighted by Gasteiger charge is 2.75. The van der Waals surface area contributed by atoms with Crippen LogP contribution in [0.4, 0.5) is 0 Å². The molecule has 6 heteroatoms. The predicted octanol–water partition coefficient (Wildman–Crippen LogP) is 2.26. The van der Waals surface area contributed by atoms with Gasteiger partial charge in [-0.2, -0.15) is 0 Å². The average molecular weight is 344 g/mol. The molecule has 3 aliphatic rings. The summed E-state index contributed by atoms with van der Waals surface area (Å²) in [5.41, 5.74) is -1.35. The van der Waals surface area contributed by atoms with Crippen molar-refractivity contribution in [1.29, 1.82) is 0 Å². The van der Waals surface area contributed by atoms with Gasteiger partial charge in [-0.25, -0.2) is 0 Å². The lowest BCUT2D eigenvalue weighted by molar-refractivity contribution is -0.550. The molecule has 0 bridgehead atoms. The molecule has 3 fully saturated rings. The summed E-state index contributed by atoms with van der Waals surface area (Å²) in [7, 11) is 0. The van der Waals surface area contributed by atoms with Gasteiger partial charge in [-0.05, 0) is 24.3 Å². The number of Topliss-reactive ketones (excluding diaryl/α,β-unsaturated/α-hetero) is 1. The topological polar surface area (TPSA) is 72.7 Å². The number of ether oxygens (including phenoxy) is 1. The highest BCUT2D eigenvalue weighted by molar-refractivity contribution is 6.00. The van der Waals surface area contributed by atoms with E-state index in [1.54, 1.807) is 6.92 Å². The van der Waals surface area contributed by atoms with Gasteiger partial charge in [0.25, 0.3) is 5.54 Å². The molecule has 4 rings (SSSR count). The molecule has 1 heterocycles. The molecule has 4 atom stereocenters. The van der Waals surface area contributed by atoms with Crippen LogP contribution in [-0.4, -0.2) is 53.0 Å². The summed E-state index contributed by atoms with van der Waals surface area (Å²) in [6, 6.07) is 9.60. The lowest BCUT2D eigenvalue weighted by Gasteiger charge is -2.42. The van der Waals surface area contributed by atoms with Crippen LogP contribution in [0.1, 0.15) is 37.7 Å². The number of hydrogen-bond acceptors (Lipinski definition) is 5. The minimum Gasteiger partial charge on any atom is -0.379 e. The zero-order valence-electron chi connectivity index (χ0n) is 14.5. The molecule has 1 saturated heterocycles. The molecule has 2 aliphatic carbocycles. The smallest absolute Gasteiger partial charge is 0.285 e. The van der Waals surface area contributed by atoms with E-state index in [9.17, 15) is 14.9 Å². The monoisotopic (exact) mass is 344 g/mol. The average Bonchev–Trinajstić information content (AvgIpc) is 3.14. The fourth-order valence-corrected chi connectivity index (χ4v) is 5.62. The zero-order valence-corrected chi connectivity index (χ0v) is 14.5. The lowest BCUT2D eigenvalue weighted by Crippen LogP contribution is -2.60. The van der Waals surface area contributed by atoms with Crippen LogP contribution in [0, 0.1) is 16.0 Å². The molecule has 134 valence electrons. The van der Waals surface area contributed by atoms with Crippen LogP contribution in [-0.2, 0) is 9.53 Å². The first-order valence-electron chi connectivity index (χ1n) is 9.10. The summed E-state index contributed by atoms with van der Waals surface area (Å²) in [5.74, 6) is -0.569. The van der Waals surface area contributed by atoms with Crippen molar-refractivity contribution in [3.63, 3.8) is 0 Å². The Kier molecular flexibility index (Phi) is 3.92. The Labute approximate surface area is 147 Å². The van der Waals surface area contributed by atoms with Crippen molar-refractivity contribution in [3.8, 4) is 0 Å². The van der Waals surface area contributed by atoms with E-state index in [0.29, 0.717) is 26.3 Å². The minimum absolute atomic E-state index is 0.00380. The second-order valence-electron chi connectivity index (χ2n) is 7.64. The molecule has 6 nitrogen and oxygen atoms in total. The fraction of sp³-hybridized carbons (Fsp3) is 0.632. The first-order valence-corrected chi connectivity index (χ1v) is 9.10. The maximum atomic E-state index is 13.6. The molecule has 0 amide bonds. The number of ketones is 1. The van der Waals surface area contributed by atoms with Gasteiger partial charge < -0.3 is 4.74 Å². The molecule has 0 radical (unpaired) electrons. The Balaban J connectivity index is 1.86. The summed E-state index contributed by atoms with van der Waals surface area (Å²) < 4.78 is 5.46. The first kappa shape index (κ1) is 16.7. The van der Waals surface area contributed by atoms with Gasteiger partial charge in [-0.3, -0.25) is 19.8 Å². The molecule has 1 aromatic rings. The van der Waals surface area contributed by atoms with E-state index in [4.69, 9.17) is 4.74 Å². The van der Waals surface area contributed by atoms with Crippen molar-refractivity contribution in [2.24, 2.45) is 5.92 Å². The van der Waals surface area contributed by atoms with Crippen LogP contribution in [0.2, 0.25) is 0 Å². The van der Waals surface area contributed by atoms with E-state index >= 15 is 0 Å². The van der Waals surface area contributed by atoms with E-state index < -0.39 is 11.1 Å². The van der Waals surface area contributed by atoms with Crippen LogP contribution in [0.15, 0.2) is 30.3 Å². The maximum absolute atomic E-state index is 13.6. The number of carbonyl (C=O) groups excluding carboxylic acids is 1. The number of hydrogen-bond donors (Lipinski definition) is 0. The van der Waals surface area contributed by atoms with Gasteiger partial charge >= 0.3 is 0 Å². The van der Waals surface area contributed by atoms with Crippen LogP contribution >= 0.6 is 0 Å². The fourth-order valence-electron chi connectivity index (χ4n) is 5.62. The van der Waals surface area contributed by atoms with Crippen molar-refractivity contribution in [3.05, 3.63) is 46.0 Å². The second kappa shape index (κ2) is 5.88. The summed E-state index contributed by atoms with van der Waals surface area (Å²) in [4.78, 5) is 27.6. The number of fused-ring (bicyclic) bond motifs is 1. The molecule has 25 heavy (non-hydrogen) atoms. The van der Waals surface area contributed by atoms with Gasteiger partial charge in [0.15, 0.2) is 0 Å². The molecular weight excluding hydrogens is 320 g/mol. The molecule has 0 unspecified atom stereocenters. The third-order valence-corrected chi connectivity index (χ3v) is 6.66. The van der Waals surface area contributed by atoms with Crippen LogP contribution in [0.25, 0.3) is 0 Å². The van der Waals surface area contributed by atoms with E-state index in [-0.39, 0.29) is 22.5 Å². The number of benzene rings is 1. The van der Waals surface area contributed by atoms with Crippen LogP contribution < -0.4 is 0 Å². The highest BCUT2D eigenvalue weighted by Crippen LogP contribution is 2.60. The quantitative estimate of drug-likeness (QED) is 0.621. The zero-order chi connectivity index (χ0) is 17.7. The number of morpholine rings is 1. The van der Waals surface area contributed by atoms with Crippen molar-refractivity contribution in [1.82, 2.24) is 4.90 Å². The predicted molar refractivity (Wildman–Crippen MR) is 92.1 cm³/mol. The highest BCUT2D eigenvalue weighted by atomic mass is 16.6. The SMILES string of the molecule is C[C@@]1([N+](=O)[O-])C(=O)[C@@]2(N3CCOCC3)CCC[C@H]2[C@@H]1c1ccccc1. The van der Waals surface area contributed by atoms with Crippen LogP contribution in [0.3, 0.4) is 0 Å². The molecule has 0 aromatic heterocycles. The van der Waals surface area contributed by atoms with E-state index in [1.807, 2.05) is 30.3 Å². The van der Waals surface area contributed by atoms with Crippen molar-refractivity contribution >= 4 is 5.78 Å². The Morgan fingerprint density at radius 3 is 2.56 bits per heavy atom. The Morgan fingerprint density at radius 1 is 1.24 bits per heavy atom. The number of nitro groups is 1. The summed E-state index contributed by atoms with van der Waals surface area (Å²) >= 11 is 0. The lowest BCUT2D eigenvalue weighted by atomic mass is 9.77. The minimum atomic E-state index is -1.56. The number of carbonyl (C=O) groups is 1. The van der Waals surface area contributed by atoms with Crippen molar-refractivity contribution in [2.45, 2.75) is 43.2 Å². The third-order valence-electron chi connectivity index (χ3n) is 6.66. The molecule has 2 saturated carbocycles. The van der Waals surface area contributed by atoms with Gasteiger partial charge in [-0.15, -0.1) is 0 Å². The summed E-state index contributed by atoms with van der Waals surface area (Å²) in [6.07, 6.45) is 2.54. The van der Waals surface area contributed by atoms with Gasteiger partial charge in [0.05, 0.1) is 24.7 Å². The van der Waals surface area contributed by atoms with Gasteiger partial charge in [0, 0.05) is 24.9 Å². The van der Waals surface area contributed by atoms with Gasteiger partial charge in [0.2, 0.25) is 5.78 Å². The van der Waals surface area contributed by atoms with E-state index in [0.717, 1.165) is 24.8 Å². The van der Waals surface area contributed by atoms with Gasteiger partial charge in [0.1, 0.15) is 0 Å². The summed E-state index contributed by atoms with van der Waals surface area (Å²) in [5, 5.41) is 12.1. The number of rotatable bonds is 3. The Bertz CT molecular complexity index is 688. The maximum Gasteiger partial charge on any atom is 0.285 e. The van der Waals surface area contributed by atoms with E-state index in [1.165, 1.54) is 0 Å². The molecule has 1 aromatic carbocycles. The molecule has 0 spiro atoms. The number of nitrogens with zero attached hydrogens (tertiary/aromatic N) is 2. The molecule has 0 N–H and O–H groups in total. The van der Waals surface area contributed by atoms with Crippen molar-refractivity contribution in [2.75, 3.05) is 26.3 Å². The van der Waals surface area contributed by atoms with Crippen LogP contribution in [0.5, 0.6) is 0 Å². The standard InChI is InChI=1S/C19H24N2O4/c1-18(21(23)24)16(14-6-3-2-4-7-14)15-8-5-9-19(15,17(18)22)20-10-12-25-13-11-20/h2-4,6-7,15-16H,5,8-13H2,1H3/t15-,16-,18-,19+/m0/s1. The molecule has 1 aliphatic heterocycles. The first-order chi connectivity index (χ1) is 12.0. The second-order valence-corrected chi connectivity index (χ2v) is 7.64. The van der Waals surface area contributed by atoms with E-state index in [2.05, 4.69) is 4.90 Å². The van der Waals surface area contributed by atoms with Crippen molar-refractivity contribution < 1.29 is 14.5 Å². The Morgan fingerprint density at radius 2 is 1.92 bits per heavy atom. The third kappa shape index (κ3) is 2.13. The normalized spacial score (nSPS) is 38.7.